The molecule has 7 heteroatoms. The van der Waals surface area contributed by atoms with E-state index in [4.69, 9.17) is 20.6 Å². The van der Waals surface area contributed by atoms with Gasteiger partial charge < -0.3 is 24.8 Å². The highest BCUT2D eigenvalue weighted by molar-refractivity contribution is 14.0. The molecule has 0 amide bonds. The summed E-state index contributed by atoms with van der Waals surface area (Å²) >= 11 is 0. The van der Waals surface area contributed by atoms with Crippen LogP contribution in [0.4, 0.5) is 0 Å². The molecule has 0 atom stereocenters. The predicted octanol–water partition coefficient (Wildman–Crippen LogP) is 3.46. The topological polar surface area (TPSA) is 64.1 Å². The molecule has 0 unspecified atom stereocenters. The van der Waals surface area contributed by atoms with E-state index in [1.807, 2.05) is 48.5 Å². The van der Waals surface area contributed by atoms with E-state index in [0.29, 0.717) is 24.7 Å². The zero-order valence-corrected chi connectivity index (χ0v) is 19.1. The smallest absolute Gasteiger partial charge is 0.191 e. The van der Waals surface area contributed by atoms with Crippen molar-refractivity contribution in [3.63, 3.8) is 0 Å². The number of ether oxygens (including phenoxy) is 3. The molecule has 2 N–H and O–H groups in total. The van der Waals surface area contributed by atoms with Gasteiger partial charge in [0.1, 0.15) is 12.4 Å². The molecule has 29 heavy (non-hydrogen) atoms. The van der Waals surface area contributed by atoms with Crippen LogP contribution >= 0.6 is 24.0 Å². The van der Waals surface area contributed by atoms with Crippen molar-refractivity contribution in [1.29, 1.82) is 0 Å². The fraction of sp³-hybridized carbons (Fsp3) is 0.318. The molecule has 0 aliphatic heterocycles. The lowest BCUT2D eigenvalue weighted by Gasteiger charge is -2.14. The third-order valence-electron chi connectivity index (χ3n) is 3.85. The molecule has 0 saturated heterocycles. The Morgan fingerprint density at radius 2 is 1.86 bits per heavy atom. The Morgan fingerprint density at radius 1 is 1.07 bits per heavy atom. The van der Waals surface area contributed by atoms with Crippen molar-refractivity contribution in [3.8, 4) is 29.6 Å². The molecule has 0 fully saturated rings. The zero-order valence-electron chi connectivity index (χ0n) is 16.8. The number of guanidine groups is 1. The first-order valence-corrected chi connectivity index (χ1v) is 9.12. The van der Waals surface area contributed by atoms with E-state index in [9.17, 15) is 0 Å². The molecular formula is C22H28IN3O3. The minimum absolute atomic E-state index is 0. The number of hydrogen-bond donors (Lipinski definition) is 2. The first-order chi connectivity index (χ1) is 13.8. The Kier molecular flexibility index (Phi) is 12.1. The standard InChI is InChI=1S/C22H27N3O3.HI/c1-4-14-28-21-16-18(11-12-20(21)26-3)17-25-22(23-2)24-13-8-15-27-19-9-6-5-7-10-19;/h1,5-7,9-12,16H,8,13-15,17H2,2-3H3,(H2,23,24,25);1H. The number of hydrogen-bond acceptors (Lipinski definition) is 4. The zero-order chi connectivity index (χ0) is 20.0. The fourth-order valence-corrected chi connectivity index (χ4v) is 2.46. The summed E-state index contributed by atoms with van der Waals surface area (Å²) in [6.07, 6.45) is 6.13. The number of methoxy groups -OCH3 is 1. The fourth-order valence-electron chi connectivity index (χ4n) is 2.46. The molecule has 2 rings (SSSR count). The van der Waals surface area contributed by atoms with Crippen molar-refractivity contribution < 1.29 is 14.2 Å². The van der Waals surface area contributed by atoms with Crippen LogP contribution in [0.15, 0.2) is 53.5 Å². The van der Waals surface area contributed by atoms with Crippen LogP contribution in [0, 0.1) is 12.3 Å². The molecule has 0 saturated carbocycles. The minimum atomic E-state index is 0. The second-order valence-electron chi connectivity index (χ2n) is 5.85. The van der Waals surface area contributed by atoms with E-state index in [1.54, 1.807) is 14.2 Å². The lowest BCUT2D eigenvalue weighted by Crippen LogP contribution is -2.37. The van der Waals surface area contributed by atoms with Crippen LogP contribution in [0.3, 0.4) is 0 Å². The number of rotatable bonds is 10. The van der Waals surface area contributed by atoms with E-state index < -0.39 is 0 Å². The highest BCUT2D eigenvalue weighted by atomic mass is 127. The molecule has 0 spiro atoms. The van der Waals surface area contributed by atoms with Crippen molar-refractivity contribution in [1.82, 2.24) is 10.6 Å². The van der Waals surface area contributed by atoms with E-state index >= 15 is 0 Å². The van der Waals surface area contributed by atoms with E-state index in [0.717, 1.165) is 30.2 Å². The molecule has 2 aromatic carbocycles. The van der Waals surface area contributed by atoms with Crippen LogP contribution in [0.5, 0.6) is 17.2 Å². The van der Waals surface area contributed by atoms with Gasteiger partial charge in [-0.25, -0.2) is 0 Å². The monoisotopic (exact) mass is 509 g/mol. The van der Waals surface area contributed by atoms with Gasteiger partial charge in [0.2, 0.25) is 0 Å². The summed E-state index contributed by atoms with van der Waals surface area (Å²) in [4.78, 5) is 4.24. The molecule has 2 aromatic rings. The second-order valence-corrected chi connectivity index (χ2v) is 5.85. The number of aliphatic imine (C=N–C) groups is 1. The lowest BCUT2D eigenvalue weighted by atomic mass is 10.2. The summed E-state index contributed by atoms with van der Waals surface area (Å²) in [6.45, 7) is 2.19. The van der Waals surface area contributed by atoms with Crippen molar-refractivity contribution in [3.05, 3.63) is 54.1 Å². The molecular weight excluding hydrogens is 481 g/mol. The third kappa shape index (κ3) is 8.96. The van der Waals surface area contributed by atoms with Crippen LogP contribution in [0.1, 0.15) is 12.0 Å². The Hall–Kier alpha value is -2.60. The summed E-state index contributed by atoms with van der Waals surface area (Å²) in [7, 11) is 3.34. The highest BCUT2D eigenvalue weighted by Crippen LogP contribution is 2.27. The number of nitrogens with one attached hydrogen (secondary N) is 2. The van der Waals surface area contributed by atoms with Crippen molar-refractivity contribution in [2.45, 2.75) is 13.0 Å². The normalized spacial score (nSPS) is 10.3. The van der Waals surface area contributed by atoms with E-state index in [1.165, 1.54) is 0 Å². The maximum Gasteiger partial charge on any atom is 0.191 e. The Labute approximate surface area is 190 Å². The van der Waals surface area contributed by atoms with Crippen LogP contribution < -0.4 is 24.8 Å². The molecule has 0 aliphatic carbocycles. The van der Waals surface area contributed by atoms with Gasteiger partial charge in [-0.2, -0.15) is 0 Å². The summed E-state index contributed by atoms with van der Waals surface area (Å²) < 4.78 is 16.5. The number of para-hydroxylation sites is 1. The molecule has 0 aliphatic rings. The quantitative estimate of drug-likeness (QED) is 0.169. The highest BCUT2D eigenvalue weighted by Gasteiger charge is 2.06. The maximum absolute atomic E-state index is 5.68. The number of halogens is 1. The van der Waals surface area contributed by atoms with Gasteiger partial charge in [0.05, 0.1) is 13.7 Å². The van der Waals surface area contributed by atoms with Gasteiger partial charge in [0.15, 0.2) is 17.5 Å². The Morgan fingerprint density at radius 3 is 2.55 bits per heavy atom. The third-order valence-corrected chi connectivity index (χ3v) is 3.85. The predicted molar refractivity (Wildman–Crippen MR) is 127 cm³/mol. The Balaban J connectivity index is 0.00000420. The Bertz CT molecular complexity index is 792. The average Bonchev–Trinajstić information content (AvgIpc) is 2.75. The second kappa shape index (κ2) is 14.4. The first kappa shape index (κ1) is 24.4. The minimum Gasteiger partial charge on any atom is -0.494 e. The van der Waals surface area contributed by atoms with Crippen LogP contribution in [0.2, 0.25) is 0 Å². The molecule has 0 aromatic heterocycles. The van der Waals surface area contributed by atoms with Crippen LogP contribution in [-0.2, 0) is 6.54 Å². The molecule has 0 radical (unpaired) electrons. The van der Waals surface area contributed by atoms with Crippen LogP contribution in [0.25, 0.3) is 0 Å². The van der Waals surface area contributed by atoms with Gasteiger partial charge in [-0.15, -0.1) is 30.4 Å². The SMILES string of the molecule is C#CCOc1cc(CNC(=NC)NCCCOc2ccccc2)ccc1OC.I. The summed E-state index contributed by atoms with van der Waals surface area (Å²) in [5.74, 6) is 5.34. The molecule has 0 heterocycles. The average molecular weight is 509 g/mol. The van der Waals surface area contributed by atoms with Gasteiger partial charge >= 0.3 is 0 Å². The summed E-state index contributed by atoms with van der Waals surface area (Å²) in [6, 6.07) is 15.5. The van der Waals surface area contributed by atoms with Gasteiger partial charge in [-0.1, -0.05) is 30.2 Å². The van der Waals surface area contributed by atoms with Gasteiger partial charge in [0, 0.05) is 20.1 Å². The van der Waals surface area contributed by atoms with Crippen LogP contribution in [-0.4, -0.2) is 39.9 Å². The van der Waals surface area contributed by atoms with Crippen molar-refractivity contribution in [2.75, 3.05) is 33.9 Å². The largest absolute Gasteiger partial charge is 0.494 e. The number of nitrogens with zero attached hydrogens (tertiary/aromatic N) is 1. The van der Waals surface area contributed by atoms with E-state index in [2.05, 4.69) is 21.5 Å². The molecule has 0 bridgehead atoms. The van der Waals surface area contributed by atoms with Crippen molar-refractivity contribution >= 4 is 29.9 Å². The van der Waals surface area contributed by atoms with Gasteiger partial charge in [-0.05, 0) is 36.2 Å². The summed E-state index contributed by atoms with van der Waals surface area (Å²) in [5.41, 5.74) is 1.03. The first-order valence-electron chi connectivity index (χ1n) is 9.12. The lowest BCUT2D eigenvalue weighted by molar-refractivity contribution is 0.311. The summed E-state index contributed by atoms with van der Waals surface area (Å²) in [5, 5.41) is 6.55. The van der Waals surface area contributed by atoms with Gasteiger partial charge in [-0.3, -0.25) is 4.99 Å². The number of benzene rings is 2. The maximum atomic E-state index is 5.68. The van der Waals surface area contributed by atoms with Crippen molar-refractivity contribution in [2.24, 2.45) is 4.99 Å². The molecule has 156 valence electrons. The molecule has 6 nitrogen and oxygen atoms in total. The van der Waals surface area contributed by atoms with E-state index in [-0.39, 0.29) is 30.6 Å². The number of terminal acetylenes is 1. The van der Waals surface area contributed by atoms with Gasteiger partial charge in [0.25, 0.3) is 0 Å².